The van der Waals surface area contributed by atoms with E-state index in [1.165, 1.54) is 10.8 Å². The smallest absolute Gasteiger partial charge is 0.333 e. The Labute approximate surface area is 189 Å². The quantitative estimate of drug-likeness (QED) is 0.577. The molecule has 0 radical (unpaired) electrons. The molecule has 1 saturated heterocycles. The second kappa shape index (κ2) is 9.22. The van der Waals surface area contributed by atoms with Gasteiger partial charge in [0.2, 0.25) is 5.91 Å². The second-order valence-corrected chi connectivity index (χ2v) is 8.11. The Balaban J connectivity index is 1.71. The lowest BCUT2D eigenvalue weighted by atomic mass is 10.2. The van der Waals surface area contributed by atoms with E-state index in [0.717, 1.165) is 29.8 Å². The van der Waals surface area contributed by atoms with Crippen molar-refractivity contribution in [1.29, 1.82) is 0 Å². The van der Waals surface area contributed by atoms with Gasteiger partial charge in [-0.15, -0.1) is 0 Å². The van der Waals surface area contributed by atoms with Crippen LogP contribution >= 0.6 is 11.6 Å². The molecule has 0 spiro atoms. The molecule has 4 rings (SSSR count). The normalized spacial score (nSPS) is 14.8. The van der Waals surface area contributed by atoms with Gasteiger partial charge in [-0.05, 0) is 37.7 Å². The van der Waals surface area contributed by atoms with E-state index in [-0.39, 0.29) is 23.5 Å². The van der Waals surface area contributed by atoms with E-state index >= 15 is 0 Å². The van der Waals surface area contributed by atoms with Gasteiger partial charge in [0, 0.05) is 49.5 Å². The predicted molar refractivity (Wildman–Crippen MR) is 123 cm³/mol. The molecular weight excluding hydrogens is 432 g/mol. The van der Waals surface area contributed by atoms with Gasteiger partial charge in [0.1, 0.15) is 11.9 Å². The molecule has 32 heavy (non-hydrogen) atoms. The van der Waals surface area contributed by atoms with E-state index in [0.29, 0.717) is 30.5 Å². The zero-order valence-corrected chi connectivity index (χ0v) is 18.9. The van der Waals surface area contributed by atoms with E-state index < -0.39 is 11.2 Å². The van der Waals surface area contributed by atoms with Gasteiger partial charge < -0.3 is 9.80 Å². The van der Waals surface area contributed by atoms with Crippen LogP contribution in [0.1, 0.15) is 13.8 Å². The van der Waals surface area contributed by atoms with Crippen molar-refractivity contribution in [3.05, 3.63) is 56.3 Å². The van der Waals surface area contributed by atoms with Crippen molar-refractivity contribution in [2.24, 2.45) is 0 Å². The number of rotatable bonds is 5. The number of fused-ring (bicyclic) bond motifs is 1. The van der Waals surface area contributed by atoms with Crippen LogP contribution in [-0.4, -0.2) is 67.5 Å². The number of piperazine rings is 1. The number of benzene rings is 1. The third-order valence-electron chi connectivity index (χ3n) is 5.85. The number of nitrogens with zero attached hydrogens (tertiary/aromatic N) is 6. The highest BCUT2D eigenvalue weighted by Crippen LogP contribution is 2.19. The Morgan fingerprint density at radius 3 is 2.31 bits per heavy atom. The maximum atomic E-state index is 13.1. The third-order valence-corrected chi connectivity index (χ3v) is 6.10. The first-order chi connectivity index (χ1) is 15.4. The molecule has 10 heteroatoms. The number of carbonyl (C=O) groups excluding carboxylic acids is 1. The lowest BCUT2D eigenvalue weighted by Crippen LogP contribution is -2.51. The number of amides is 1. The van der Waals surface area contributed by atoms with E-state index in [2.05, 4.69) is 21.8 Å². The minimum atomic E-state index is -0.557. The Morgan fingerprint density at radius 1 is 1.00 bits per heavy atom. The second-order valence-electron chi connectivity index (χ2n) is 7.67. The first-order valence-corrected chi connectivity index (χ1v) is 11.1. The molecule has 3 aromatic rings. The van der Waals surface area contributed by atoms with Gasteiger partial charge in [-0.3, -0.25) is 18.7 Å². The first kappa shape index (κ1) is 22.2. The average molecular weight is 457 g/mol. The van der Waals surface area contributed by atoms with Crippen LogP contribution in [0.25, 0.3) is 22.4 Å². The Bertz CT molecular complexity index is 1260. The summed E-state index contributed by atoms with van der Waals surface area (Å²) < 4.78 is 2.39. The van der Waals surface area contributed by atoms with Gasteiger partial charge in [-0.2, -0.15) is 0 Å². The number of hydrogen-bond acceptors (Lipinski definition) is 6. The molecular formula is C22H25ClN6O3. The summed E-state index contributed by atoms with van der Waals surface area (Å²) in [6.45, 7) is 7.57. The highest BCUT2D eigenvalue weighted by Gasteiger charge is 2.23. The first-order valence-electron chi connectivity index (χ1n) is 10.7. The molecule has 3 heterocycles. The summed E-state index contributed by atoms with van der Waals surface area (Å²) in [5, 5.41) is 0.788. The molecule has 1 amide bonds. The Hall–Kier alpha value is -3.04. The van der Waals surface area contributed by atoms with E-state index in [4.69, 9.17) is 11.6 Å². The average Bonchev–Trinajstić information content (AvgIpc) is 2.82. The van der Waals surface area contributed by atoms with Gasteiger partial charge in [0.05, 0.1) is 0 Å². The van der Waals surface area contributed by atoms with Gasteiger partial charge >= 0.3 is 5.69 Å². The third kappa shape index (κ3) is 4.18. The summed E-state index contributed by atoms with van der Waals surface area (Å²) in [6, 6.07) is 6.99. The molecule has 0 N–H and O–H groups in total. The summed E-state index contributed by atoms with van der Waals surface area (Å²) in [7, 11) is 0. The number of likely N-dealkylation sites (N-methyl/N-ethyl adjacent to an activating group) is 1. The maximum Gasteiger partial charge on any atom is 0.333 e. The molecule has 2 aromatic heterocycles. The Morgan fingerprint density at radius 2 is 1.69 bits per heavy atom. The standard InChI is InChI=1S/C22H25ClN6O3/c1-3-26-9-11-27(12-10-26)18(30)14-29-21(31)17-13-24-19(15-5-7-16(23)8-6-15)25-20(17)28(4-2)22(29)32/h5-8,13H,3-4,9-12,14H2,1-2H3. The Kier molecular flexibility index (Phi) is 6.38. The van der Waals surface area contributed by atoms with Crippen molar-refractivity contribution >= 4 is 28.5 Å². The lowest BCUT2D eigenvalue weighted by Gasteiger charge is -2.34. The number of halogens is 1. The van der Waals surface area contributed by atoms with Crippen LogP contribution in [0, 0.1) is 0 Å². The maximum absolute atomic E-state index is 13.1. The van der Waals surface area contributed by atoms with Crippen molar-refractivity contribution in [1.82, 2.24) is 28.9 Å². The van der Waals surface area contributed by atoms with Gasteiger partial charge in [-0.1, -0.05) is 18.5 Å². The molecule has 1 aliphatic rings. The zero-order chi connectivity index (χ0) is 22.8. The van der Waals surface area contributed by atoms with Crippen LogP contribution in [0.3, 0.4) is 0 Å². The summed E-state index contributed by atoms with van der Waals surface area (Å²) in [5.41, 5.74) is -0.135. The van der Waals surface area contributed by atoms with Crippen LogP contribution in [-0.2, 0) is 17.9 Å². The van der Waals surface area contributed by atoms with Gasteiger partial charge in [-0.25, -0.2) is 14.8 Å². The fourth-order valence-electron chi connectivity index (χ4n) is 3.91. The number of hydrogen-bond donors (Lipinski definition) is 0. The highest BCUT2D eigenvalue weighted by atomic mass is 35.5. The molecule has 0 aliphatic carbocycles. The van der Waals surface area contributed by atoms with E-state index in [1.54, 1.807) is 36.1 Å². The zero-order valence-electron chi connectivity index (χ0n) is 18.1. The van der Waals surface area contributed by atoms with Crippen molar-refractivity contribution in [3.8, 4) is 11.4 Å². The van der Waals surface area contributed by atoms with Crippen LogP contribution in [0.2, 0.25) is 5.02 Å². The topological polar surface area (TPSA) is 93.3 Å². The fraction of sp³-hybridized carbons (Fsp3) is 0.409. The summed E-state index contributed by atoms with van der Waals surface area (Å²) in [5.74, 6) is 0.151. The largest absolute Gasteiger partial charge is 0.339 e. The van der Waals surface area contributed by atoms with E-state index in [1.807, 2.05) is 0 Å². The number of carbonyl (C=O) groups is 1. The lowest BCUT2D eigenvalue weighted by molar-refractivity contribution is -0.133. The van der Waals surface area contributed by atoms with Crippen LogP contribution in [0.5, 0.6) is 0 Å². The SMILES string of the molecule is CCN1CCN(C(=O)Cn2c(=O)c3cnc(-c4ccc(Cl)cc4)nc3n(CC)c2=O)CC1. The molecule has 0 saturated carbocycles. The molecule has 0 atom stereocenters. The van der Waals surface area contributed by atoms with Crippen LogP contribution in [0.4, 0.5) is 0 Å². The molecule has 9 nitrogen and oxygen atoms in total. The van der Waals surface area contributed by atoms with Crippen LogP contribution in [0.15, 0.2) is 40.1 Å². The van der Waals surface area contributed by atoms with Crippen LogP contribution < -0.4 is 11.2 Å². The monoisotopic (exact) mass is 456 g/mol. The van der Waals surface area contributed by atoms with Crippen molar-refractivity contribution in [2.75, 3.05) is 32.7 Å². The van der Waals surface area contributed by atoms with Gasteiger partial charge in [0.25, 0.3) is 5.56 Å². The van der Waals surface area contributed by atoms with Crippen molar-refractivity contribution in [2.45, 2.75) is 26.9 Å². The minimum Gasteiger partial charge on any atom is -0.339 e. The summed E-state index contributed by atoms with van der Waals surface area (Å²) in [4.78, 5) is 51.8. The minimum absolute atomic E-state index is 0.202. The molecule has 1 fully saturated rings. The summed E-state index contributed by atoms with van der Waals surface area (Å²) >= 11 is 5.95. The predicted octanol–water partition coefficient (Wildman–Crippen LogP) is 1.46. The summed E-state index contributed by atoms with van der Waals surface area (Å²) in [6.07, 6.45) is 1.42. The molecule has 1 aromatic carbocycles. The molecule has 168 valence electrons. The van der Waals surface area contributed by atoms with E-state index in [9.17, 15) is 14.4 Å². The van der Waals surface area contributed by atoms with Crippen molar-refractivity contribution < 1.29 is 4.79 Å². The number of aryl methyl sites for hydroxylation is 1. The molecule has 0 bridgehead atoms. The van der Waals surface area contributed by atoms with Gasteiger partial charge in [0.15, 0.2) is 11.5 Å². The molecule has 0 unspecified atom stereocenters. The molecule has 1 aliphatic heterocycles. The fourth-order valence-corrected chi connectivity index (χ4v) is 4.04. The highest BCUT2D eigenvalue weighted by molar-refractivity contribution is 6.30. The van der Waals surface area contributed by atoms with Crippen molar-refractivity contribution in [3.63, 3.8) is 0 Å². The number of aromatic nitrogens is 4.